The summed E-state index contributed by atoms with van der Waals surface area (Å²) >= 11 is 0. The van der Waals surface area contributed by atoms with E-state index in [0.29, 0.717) is 37.6 Å². The predicted octanol–water partition coefficient (Wildman–Crippen LogP) is 0.382. The van der Waals surface area contributed by atoms with E-state index in [1.807, 2.05) is 0 Å². The lowest BCUT2D eigenvalue weighted by Gasteiger charge is -2.26. The monoisotopic (exact) mass is 294 g/mol. The Balaban J connectivity index is 2.37. The van der Waals surface area contributed by atoms with Crippen LogP contribution in [0.4, 0.5) is 0 Å². The normalized spacial score (nSPS) is 15.1. The largest absolute Gasteiger partial charge is 0.477 e. The average Bonchev–Trinajstić information content (AvgIpc) is 2.68. The molecule has 1 amide bonds. The maximum Gasteiger partial charge on any atom is 0.352 e. The van der Waals surface area contributed by atoms with E-state index in [1.54, 1.807) is 20.9 Å². The van der Waals surface area contributed by atoms with Crippen LogP contribution in [-0.2, 0) is 16.6 Å². The van der Waals surface area contributed by atoms with Crippen molar-refractivity contribution in [3.8, 4) is 0 Å². The van der Waals surface area contributed by atoms with E-state index in [2.05, 4.69) is 0 Å². The van der Waals surface area contributed by atoms with Crippen LogP contribution in [0.5, 0.6) is 0 Å². The highest BCUT2D eigenvalue weighted by atomic mass is 16.5. The lowest BCUT2D eigenvalue weighted by atomic mass is 10.0. The Morgan fingerprint density at radius 2 is 1.71 bits per heavy atom. The van der Waals surface area contributed by atoms with Crippen molar-refractivity contribution >= 4 is 17.7 Å². The van der Waals surface area contributed by atoms with Crippen molar-refractivity contribution in [1.82, 2.24) is 9.47 Å². The first-order valence-corrected chi connectivity index (χ1v) is 6.66. The van der Waals surface area contributed by atoms with Gasteiger partial charge in [-0.1, -0.05) is 0 Å². The van der Waals surface area contributed by atoms with Crippen molar-refractivity contribution in [1.29, 1.82) is 0 Å². The molecule has 7 nitrogen and oxygen atoms in total. The quantitative estimate of drug-likeness (QED) is 0.643. The fourth-order valence-electron chi connectivity index (χ4n) is 2.63. The molecular formula is C14H18N2O5. The minimum absolute atomic E-state index is 0.0330. The summed E-state index contributed by atoms with van der Waals surface area (Å²) in [5.74, 6) is -2.38. The van der Waals surface area contributed by atoms with Crippen LogP contribution in [0.1, 0.15) is 32.1 Å². The molecule has 0 aromatic carbocycles. The van der Waals surface area contributed by atoms with Crippen LogP contribution < -0.4 is 0 Å². The zero-order valence-corrected chi connectivity index (χ0v) is 12.3. The van der Waals surface area contributed by atoms with E-state index < -0.39 is 17.7 Å². The van der Waals surface area contributed by atoms with Crippen molar-refractivity contribution in [3.63, 3.8) is 0 Å². The highest BCUT2D eigenvalue weighted by Gasteiger charge is 2.31. The van der Waals surface area contributed by atoms with Gasteiger partial charge in [-0.3, -0.25) is 9.59 Å². The van der Waals surface area contributed by atoms with Crippen LogP contribution >= 0.6 is 0 Å². The Hall–Kier alpha value is -2.15. The molecule has 1 aliphatic rings. The van der Waals surface area contributed by atoms with Gasteiger partial charge in [-0.05, 0) is 19.4 Å². The number of ketones is 1. The molecule has 21 heavy (non-hydrogen) atoms. The minimum atomic E-state index is -1.11. The van der Waals surface area contributed by atoms with Crippen LogP contribution in [-0.4, -0.2) is 58.5 Å². The van der Waals surface area contributed by atoms with Gasteiger partial charge in [0.2, 0.25) is 0 Å². The first kappa shape index (κ1) is 15.2. The van der Waals surface area contributed by atoms with Gasteiger partial charge in [0.15, 0.2) is 0 Å². The third kappa shape index (κ3) is 2.56. The molecule has 7 heteroatoms. The summed E-state index contributed by atoms with van der Waals surface area (Å²) in [6.07, 6.45) is 0. The van der Waals surface area contributed by atoms with Crippen molar-refractivity contribution in [2.24, 2.45) is 7.05 Å². The SMILES string of the molecule is Cc1c(C(=O)C(=O)N2CCOCC2)c(C)n(C)c1C(=O)O. The smallest absolute Gasteiger partial charge is 0.352 e. The standard InChI is InChI=1S/C14H18N2O5/c1-8-10(9(2)15(3)11(8)14(19)20)12(17)13(18)16-4-6-21-7-5-16/h4-7H2,1-3H3,(H,19,20). The average molecular weight is 294 g/mol. The number of aromatic carboxylic acids is 1. The third-order valence-corrected chi connectivity index (χ3v) is 3.85. The molecule has 2 heterocycles. The van der Waals surface area contributed by atoms with E-state index in [-0.39, 0.29) is 11.3 Å². The molecular weight excluding hydrogens is 276 g/mol. The van der Waals surface area contributed by atoms with Crippen molar-refractivity contribution in [3.05, 3.63) is 22.5 Å². The van der Waals surface area contributed by atoms with Gasteiger partial charge in [0.05, 0.1) is 18.8 Å². The first-order valence-electron chi connectivity index (χ1n) is 6.66. The van der Waals surface area contributed by atoms with Crippen molar-refractivity contribution in [2.75, 3.05) is 26.3 Å². The number of nitrogens with zero attached hydrogens (tertiary/aromatic N) is 2. The highest BCUT2D eigenvalue weighted by molar-refractivity contribution is 6.43. The van der Waals surface area contributed by atoms with Gasteiger partial charge in [-0.2, -0.15) is 0 Å². The predicted molar refractivity (Wildman–Crippen MR) is 73.6 cm³/mol. The van der Waals surface area contributed by atoms with E-state index in [0.717, 1.165) is 0 Å². The zero-order valence-electron chi connectivity index (χ0n) is 12.3. The molecule has 1 aromatic rings. The first-order chi connectivity index (χ1) is 9.86. The van der Waals surface area contributed by atoms with Crippen molar-refractivity contribution in [2.45, 2.75) is 13.8 Å². The second-order valence-electron chi connectivity index (χ2n) is 5.03. The summed E-state index contributed by atoms with van der Waals surface area (Å²) in [5, 5.41) is 9.21. The number of ether oxygens (including phenoxy) is 1. The topological polar surface area (TPSA) is 88.8 Å². The number of rotatable bonds is 3. The Labute approximate surface area is 122 Å². The van der Waals surface area contributed by atoms with E-state index in [4.69, 9.17) is 4.74 Å². The maximum atomic E-state index is 12.4. The molecule has 0 bridgehead atoms. The molecule has 1 fully saturated rings. The van der Waals surface area contributed by atoms with Gasteiger partial charge in [0, 0.05) is 25.8 Å². The molecule has 0 radical (unpaired) electrons. The van der Waals surface area contributed by atoms with Gasteiger partial charge >= 0.3 is 5.97 Å². The second-order valence-corrected chi connectivity index (χ2v) is 5.03. The number of carboxylic acids is 1. The van der Waals surface area contributed by atoms with Crippen LogP contribution in [0.25, 0.3) is 0 Å². The fraction of sp³-hybridized carbons (Fsp3) is 0.500. The van der Waals surface area contributed by atoms with Crippen LogP contribution in [0.2, 0.25) is 0 Å². The molecule has 114 valence electrons. The summed E-state index contributed by atoms with van der Waals surface area (Å²) in [6, 6.07) is 0. The number of hydrogen-bond acceptors (Lipinski definition) is 4. The number of carbonyl (C=O) groups is 3. The number of Topliss-reactive ketones (excluding diaryl/α,β-unsaturated/α-hetero) is 1. The molecule has 1 N–H and O–H groups in total. The molecule has 1 aliphatic heterocycles. The number of carboxylic acid groups (broad SMARTS) is 1. The number of amides is 1. The number of morpholine rings is 1. The second kappa shape index (κ2) is 5.69. The molecule has 1 aromatic heterocycles. The van der Waals surface area contributed by atoms with Gasteiger partial charge in [0.25, 0.3) is 11.7 Å². The Morgan fingerprint density at radius 3 is 2.19 bits per heavy atom. The Bertz CT molecular complexity index is 611. The molecule has 1 saturated heterocycles. The van der Waals surface area contributed by atoms with Crippen LogP contribution in [0.15, 0.2) is 0 Å². The molecule has 0 saturated carbocycles. The Kier molecular flexibility index (Phi) is 4.13. The molecule has 0 unspecified atom stereocenters. The fourth-order valence-corrected chi connectivity index (χ4v) is 2.63. The Morgan fingerprint density at radius 1 is 1.14 bits per heavy atom. The summed E-state index contributed by atoms with van der Waals surface area (Å²) in [4.78, 5) is 37.4. The lowest BCUT2D eigenvalue weighted by Crippen LogP contribution is -2.44. The summed E-state index contributed by atoms with van der Waals surface area (Å²) in [7, 11) is 1.57. The zero-order chi connectivity index (χ0) is 15.7. The van der Waals surface area contributed by atoms with E-state index in [1.165, 1.54) is 9.47 Å². The van der Waals surface area contributed by atoms with Crippen molar-refractivity contribution < 1.29 is 24.2 Å². The number of carbonyl (C=O) groups excluding carboxylic acids is 2. The maximum absolute atomic E-state index is 12.4. The van der Waals surface area contributed by atoms with Crippen LogP contribution in [0.3, 0.4) is 0 Å². The molecule has 0 aliphatic carbocycles. The van der Waals surface area contributed by atoms with Crippen LogP contribution in [0, 0.1) is 13.8 Å². The van der Waals surface area contributed by atoms with Gasteiger partial charge < -0.3 is 19.3 Å². The van der Waals surface area contributed by atoms with E-state index in [9.17, 15) is 19.5 Å². The minimum Gasteiger partial charge on any atom is -0.477 e. The van der Waals surface area contributed by atoms with Gasteiger partial charge in [0.1, 0.15) is 5.69 Å². The van der Waals surface area contributed by atoms with Gasteiger partial charge in [-0.25, -0.2) is 4.79 Å². The number of hydrogen-bond donors (Lipinski definition) is 1. The molecule has 0 spiro atoms. The van der Waals surface area contributed by atoms with Gasteiger partial charge in [-0.15, -0.1) is 0 Å². The third-order valence-electron chi connectivity index (χ3n) is 3.85. The molecule has 0 atom stereocenters. The summed E-state index contributed by atoms with van der Waals surface area (Å²) < 4.78 is 6.58. The highest BCUT2D eigenvalue weighted by Crippen LogP contribution is 2.22. The summed E-state index contributed by atoms with van der Waals surface area (Å²) in [6.45, 7) is 4.76. The number of aromatic nitrogens is 1. The summed E-state index contributed by atoms with van der Waals surface area (Å²) in [5.41, 5.74) is 1.03. The van der Waals surface area contributed by atoms with E-state index >= 15 is 0 Å². The lowest BCUT2D eigenvalue weighted by molar-refractivity contribution is -0.130. The molecule has 2 rings (SSSR count).